The summed E-state index contributed by atoms with van der Waals surface area (Å²) in [7, 11) is 0. The van der Waals surface area contributed by atoms with E-state index in [0.717, 1.165) is 34.7 Å². The lowest BCUT2D eigenvalue weighted by Crippen LogP contribution is -2.36. The monoisotopic (exact) mass is 486 g/mol. The molecule has 0 bridgehead atoms. The number of hydrogen-bond acceptors (Lipinski definition) is 4. The van der Waals surface area contributed by atoms with Gasteiger partial charge in [-0.2, -0.15) is 13.2 Å². The largest absolute Gasteiger partial charge is 0.480 e. The summed E-state index contributed by atoms with van der Waals surface area (Å²) in [4.78, 5) is 18.5. The fourth-order valence-electron chi connectivity index (χ4n) is 4.24. The fourth-order valence-corrected chi connectivity index (χ4v) is 5.47. The molecular formula is C26H25F3N2O2S. The van der Waals surface area contributed by atoms with Gasteiger partial charge in [-0.25, -0.2) is 9.78 Å². The van der Waals surface area contributed by atoms with Crippen molar-refractivity contribution < 1.29 is 23.1 Å². The van der Waals surface area contributed by atoms with E-state index in [0.29, 0.717) is 29.9 Å². The summed E-state index contributed by atoms with van der Waals surface area (Å²) in [5, 5.41) is 9.47. The SMILES string of the molecule is CC(C)c1ccccc1Sc1ccc(-c2ccnc(N3CCCC3C(=O)O)c2)cc1C(F)(F)F. The Morgan fingerprint density at radius 1 is 1.09 bits per heavy atom. The van der Waals surface area contributed by atoms with Crippen LogP contribution in [-0.2, 0) is 11.0 Å². The summed E-state index contributed by atoms with van der Waals surface area (Å²) >= 11 is 1.12. The molecule has 0 radical (unpaired) electrons. The lowest BCUT2D eigenvalue weighted by atomic mass is 10.0. The minimum Gasteiger partial charge on any atom is -0.480 e. The first-order valence-corrected chi connectivity index (χ1v) is 11.9. The Kier molecular flexibility index (Phi) is 6.89. The molecule has 2 heterocycles. The van der Waals surface area contributed by atoms with Gasteiger partial charge in [-0.05, 0) is 65.8 Å². The fraction of sp³-hybridized carbons (Fsp3) is 0.308. The van der Waals surface area contributed by atoms with E-state index in [1.165, 1.54) is 12.3 Å². The van der Waals surface area contributed by atoms with Crippen LogP contribution in [-0.4, -0.2) is 28.6 Å². The quantitative estimate of drug-likeness (QED) is 0.403. The van der Waals surface area contributed by atoms with E-state index in [4.69, 9.17) is 0 Å². The van der Waals surface area contributed by atoms with Gasteiger partial charge in [-0.3, -0.25) is 0 Å². The summed E-state index contributed by atoms with van der Waals surface area (Å²) in [5.74, 6) is -0.278. The molecule has 0 aliphatic carbocycles. The number of alkyl halides is 3. The number of aromatic nitrogens is 1. The van der Waals surface area contributed by atoms with Crippen LogP contribution in [0.25, 0.3) is 11.1 Å². The Hall–Kier alpha value is -3.00. The van der Waals surface area contributed by atoms with Crippen molar-refractivity contribution in [2.75, 3.05) is 11.4 Å². The van der Waals surface area contributed by atoms with E-state index in [1.807, 2.05) is 38.1 Å². The van der Waals surface area contributed by atoms with Crippen LogP contribution in [0.15, 0.2) is 70.6 Å². The molecule has 0 amide bonds. The number of anilines is 1. The van der Waals surface area contributed by atoms with Crippen LogP contribution in [0, 0.1) is 0 Å². The Balaban J connectivity index is 1.71. The van der Waals surface area contributed by atoms with Crippen molar-refractivity contribution in [3.8, 4) is 11.1 Å². The zero-order chi connectivity index (χ0) is 24.5. The van der Waals surface area contributed by atoms with Crippen molar-refractivity contribution in [2.45, 2.75) is 54.6 Å². The molecule has 1 saturated heterocycles. The third-order valence-electron chi connectivity index (χ3n) is 5.96. The number of carbonyl (C=O) groups is 1. The van der Waals surface area contributed by atoms with E-state index < -0.39 is 23.8 Å². The average Bonchev–Trinajstić information content (AvgIpc) is 3.29. The van der Waals surface area contributed by atoms with E-state index in [9.17, 15) is 23.1 Å². The molecule has 1 fully saturated rings. The summed E-state index contributed by atoms with van der Waals surface area (Å²) in [6, 6.07) is 14.5. The van der Waals surface area contributed by atoms with Crippen LogP contribution in [0.5, 0.6) is 0 Å². The van der Waals surface area contributed by atoms with Gasteiger partial charge in [0, 0.05) is 22.5 Å². The summed E-state index contributed by atoms with van der Waals surface area (Å²) in [6.45, 7) is 4.58. The number of carboxylic acids is 1. The predicted octanol–water partition coefficient (Wildman–Crippen LogP) is 7.10. The third-order valence-corrected chi connectivity index (χ3v) is 7.12. The second kappa shape index (κ2) is 9.70. The number of hydrogen-bond donors (Lipinski definition) is 1. The van der Waals surface area contributed by atoms with E-state index >= 15 is 0 Å². The lowest BCUT2D eigenvalue weighted by Gasteiger charge is -2.23. The second-order valence-corrected chi connectivity index (χ2v) is 9.68. The molecule has 4 nitrogen and oxygen atoms in total. The standard InChI is InChI=1S/C26H25F3N2O2S/c1-16(2)19-6-3-4-8-22(19)34-23-10-9-17(14-20(23)26(27,28)29)18-11-12-30-24(15-18)31-13-5-7-21(31)25(32)33/h3-4,6,8-12,14-16,21H,5,7,13H2,1-2H3,(H,32,33). The highest BCUT2D eigenvalue weighted by Crippen LogP contribution is 2.43. The highest BCUT2D eigenvalue weighted by atomic mass is 32.2. The van der Waals surface area contributed by atoms with Gasteiger partial charge in [-0.1, -0.05) is 49.9 Å². The van der Waals surface area contributed by atoms with Crippen LogP contribution in [0.4, 0.5) is 19.0 Å². The Morgan fingerprint density at radius 2 is 1.82 bits per heavy atom. The number of pyridine rings is 1. The van der Waals surface area contributed by atoms with Crippen molar-refractivity contribution in [3.05, 3.63) is 71.9 Å². The minimum absolute atomic E-state index is 0.143. The molecular weight excluding hydrogens is 461 g/mol. The van der Waals surface area contributed by atoms with Crippen LogP contribution < -0.4 is 4.90 Å². The molecule has 1 aliphatic heterocycles. The van der Waals surface area contributed by atoms with Gasteiger partial charge in [0.2, 0.25) is 0 Å². The van der Waals surface area contributed by atoms with Crippen molar-refractivity contribution >= 4 is 23.5 Å². The molecule has 0 spiro atoms. The number of carboxylic acid groups (broad SMARTS) is 1. The molecule has 1 N–H and O–H groups in total. The molecule has 34 heavy (non-hydrogen) atoms. The zero-order valence-electron chi connectivity index (χ0n) is 18.8. The van der Waals surface area contributed by atoms with Crippen molar-refractivity contribution in [3.63, 3.8) is 0 Å². The van der Waals surface area contributed by atoms with Gasteiger partial charge >= 0.3 is 12.1 Å². The van der Waals surface area contributed by atoms with Gasteiger partial charge in [0.25, 0.3) is 0 Å². The maximum absolute atomic E-state index is 14.1. The molecule has 4 rings (SSSR count). The van der Waals surface area contributed by atoms with Crippen LogP contribution in [0.1, 0.15) is 43.7 Å². The van der Waals surface area contributed by atoms with Crippen molar-refractivity contribution in [1.29, 1.82) is 0 Å². The predicted molar refractivity (Wildman–Crippen MR) is 127 cm³/mol. The maximum Gasteiger partial charge on any atom is 0.417 e. The first kappa shape index (κ1) is 24.1. The topological polar surface area (TPSA) is 53.4 Å². The minimum atomic E-state index is -4.52. The van der Waals surface area contributed by atoms with Crippen LogP contribution >= 0.6 is 11.8 Å². The number of aliphatic carboxylic acids is 1. The smallest absolute Gasteiger partial charge is 0.417 e. The highest BCUT2D eigenvalue weighted by molar-refractivity contribution is 7.99. The van der Waals surface area contributed by atoms with E-state index in [1.54, 1.807) is 23.1 Å². The molecule has 1 aliphatic rings. The summed E-state index contributed by atoms with van der Waals surface area (Å²) in [6.07, 6.45) is -1.77. The Bertz CT molecular complexity index is 1200. The van der Waals surface area contributed by atoms with Gasteiger partial charge in [0.15, 0.2) is 0 Å². The molecule has 0 saturated carbocycles. The van der Waals surface area contributed by atoms with Crippen molar-refractivity contribution in [1.82, 2.24) is 4.98 Å². The number of rotatable bonds is 6. The summed E-state index contributed by atoms with van der Waals surface area (Å²) in [5.41, 5.74) is 1.27. The number of benzene rings is 2. The highest BCUT2D eigenvalue weighted by Gasteiger charge is 2.35. The first-order chi connectivity index (χ1) is 16.1. The number of halogens is 3. The molecule has 1 unspecified atom stereocenters. The third kappa shape index (κ3) is 5.06. The zero-order valence-corrected chi connectivity index (χ0v) is 19.7. The number of nitrogens with zero attached hydrogens (tertiary/aromatic N) is 2. The van der Waals surface area contributed by atoms with E-state index in [2.05, 4.69) is 4.98 Å². The van der Waals surface area contributed by atoms with Gasteiger partial charge < -0.3 is 10.0 Å². The molecule has 2 aromatic carbocycles. The lowest BCUT2D eigenvalue weighted by molar-refractivity contribution is -0.140. The Labute approximate surface area is 200 Å². The maximum atomic E-state index is 14.1. The van der Waals surface area contributed by atoms with Crippen molar-refractivity contribution in [2.24, 2.45) is 0 Å². The van der Waals surface area contributed by atoms with Gasteiger partial charge in [0.1, 0.15) is 11.9 Å². The molecule has 8 heteroatoms. The Morgan fingerprint density at radius 3 is 2.53 bits per heavy atom. The molecule has 1 atom stereocenters. The van der Waals surface area contributed by atoms with E-state index in [-0.39, 0.29) is 10.8 Å². The molecule has 178 valence electrons. The molecule has 3 aromatic rings. The molecule has 1 aromatic heterocycles. The average molecular weight is 487 g/mol. The van der Waals surface area contributed by atoms with Crippen LogP contribution in [0.3, 0.4) is 0 Å². The van der Waals surface area contributed by atoms with Gasteiger partial charge in [-0.15, -0.1) is 0 Å². The van der Waals surface area contributed by atoms with Gasteiger partial charge in [0.05, 0.1) is 5.56 Å². The first-order valence-electron chi connectivity index (χ1n) is 11.1. The second-order valence-electron chi connectivity index (χ2n) is 8.60. The van der Waals surface area contributed by atoms with Crippen LogP contribution in [0.2, 0.25) is 0 Å². The normalized spacial score (nSPS) is 16.3. The summed E-state index contributed by atoms with van der Waals surface area (Å²) < 4.78 is 42.2.